The van der Waals surface area contributed by atoms with Crippen molar-refractivity contribution >= 4 is 28.6 Å². The molecule has 4 heteroatoms. The molecule has 1 aromatic carbocycles. The standard InChI is InChI=1S/C17H15NOS2/c1-12-5-2-3-6-14(12)17(19)18-16(13-8-10-20-11-13)15-7-4-9-21-15/h2-11,16H,1H3,(H,18,19)/t16-/m0/s1. The SMILES string of the molecule is Cc1ccccc1C(=O)N[C@@H](c1ccsc1)c1cccs1. The van der Waals surface area contributed by atoms with Crippen LogP contribution in [0, 0.1) is 6.92 Å². The zero-order chi connectivity index (χ0) is 14.7. The fourth-order valence-corrected chi connectivity index (χ4v) is 3.74. The van der Waals surface area contributed by atoms with Crippen molar-refractivity contribution in [3.8, 4) is 0 Å². The maximum atomic E-state index is 12.6. The van der Waals surface area contributed by atoms with Gasteiger partial charge in [-0.3, -0.25) is 4.79 Å². The largest absolute Gasteiger partial charge is 0.340 e. The smallest absolute Gasteiger partial charge is 0.252 e. The number of hydrogen-bond acceptors (Lipinski definition) is 3. The first kappa shape index (κ1) is 14.0. The number of aryl methyl sites for hydroxylation is 1. The first-order valence-electron chi connectivity index (χ1n) is 6.67. The third kappa shape index (κ3) is 3.06. The Bertz CT molecular complexity index is 683. The van der Waals surface area contributed by atoms with Crippen LogP contribution in [-0.4, -0.2) is 5.91 Å². The molecule has 3 aromatic rings. The van der Waals surface area contributed by atoms with Gasteiger partial charge in [0, 0.05) is 10.4 Å². The van der Waals surface area contributed by atoms with Crippen LogP contribution in [0.15, 0.2) is 58.6 Å². The molecular formula is C17H15NOS2. The van der Waals surface area contributed by atoms with E-state index < -0.39 is 0 Å². The summed E-state index contributed by atoms with van der Waals surface area (Å²) >= 11 is 3.31. The number of rotatable bonds is 4. The minimum atomic E-state index is -0.0802. The molecule has 0 spiro atoms. The van der Waals surface area contributed by atoms with Crippen molar-refractivity contribution in [2.45, 2.75) is 13.0 Å². The fraction of sp³-hybridized carbons (Fsp3) is 0.118. The zero-order valence-corrected chi connectivity index (χ0v) is 13.2. The molecule has 0 saturated heterocycles. The average molecular weight is 313 g/mol. The lowest BCUT2D eigenvalue weighted by atomic mass is 10.1. The molecule has 0 unspecified atom stereocenters. The van der Waals surface area contributed by atoms with Crippen LogP contribution in [0.3, 0.4) is 0 Å². The lowest BCUT2D eigenvalue weighted by molar-refractivity contribution is 0.0943. The van der Waals surface area contributed by atoms with Crippen LogP contribution >= 0.6 is 22.7 Å². The van der Waals surface area contributed by atoms with E-state index in [1.165, 1.54) is 0 Å². The highest BCUT2D eigenvalue weighted by molar-refractivity contribution is 7.10. The summed E-state index contributed by atoms with van der Waals surface area (Å²) < 4.78 is 0. The van der Waals surface area contributed by atoms with Crippen molar-refractivity contribution in [1.29, 1.82) is 0 Å². The number of nitrogens with one attached hydrogen (secondary N) is 1. The zero-order valence-electron chi connectivity index (χ0n) is 11.6. The van der Waals surface area contributed by atoms with E-state index in [1.54, 1.807) is 22.7 Å². The van der Waals surface area contributed by atoms with Crippen LogP contribution in [0.25, 0.3) is 0 Å². The molecular weight excluding hydrogens is 298 g/mol. The Morgan fingerprint density at radius 3 is 2.62 bits per heavy atom. The Balaban J connectivity index is 1.89. The van der Waals surface area contributed by atoms with Gasteiger partial charge < -0.3 is 5.32 Å². The molecule has 3 rings (SSSR count). The lowest BCUT2D eigenvalue weighted by Gasteiger charge is -2.17. The van der Waals surface area contributed by atoms with Crippen LogP contribution in [-0.2, 0) is 0 Å². The molecule has 1 atom stereocenters. The molecule has 0 aliphatic heterocycles. The maximum Gasteiger partial charge on any atom is 0.252 e. The van der Waals surface area contributed by atoms with Crippen molar-refractivity contribution in [3.63, 3.8) is 0 Å². The van der Waals surface area contributed by atoms with Gasteiger partial charge in [0.25, 0.3) is 5.91 Å². The van der Waals surface area contributed by atoms with Crippen molar-refractivity contribution in [2.24, 2.45) is 0 Å². The van der Waals surface area contributed by atoms with E-state index in [2.05, 4.69) is 22.8 Å². The van der Waals surface area contributed by atoms with E-state index in [4.69, 9.17) is 0 Å². The number of thiophene rings is 2. The molecule has 21 heavy (non-hydrogen) atoms. The van der Waals surface area contributed by atoms with Gasteiger partial charge in [-0.2, -0.15) is 11.3 Å². The Labute approximate surface area is 132 Å². The first-order chi connectivity index (χ1) is 10.3. The second-order valence-electron chi connectivity index (χ2n) is 4.79. The molecule has 0 aliphatic rings. The number of amides is 1. The van der Waals surface area contributed by atoms with E-state index in [1.807, 2.05) is 48.0 Å². The summed E-state index contributed by atoms with van der Waals surface area (Å²) in [4.78, 5) is 13.7. The summed E-state index contributed by atoms with van der Waals surface area (Å²) in [7, 11) is 0. The van der Waals surface area contributed by atoms with E-state index in [9.17, 15) is 4.79 Å². The van der Waals surface area contributed by atoms with E-state index in [0.717, 1.165) is 21.6 Å². The maximum absolute atomic E-state index is 12.6. The molecule has 0 fully saturated rings. The predicted octanol–water partition coefficient (Wildman–Crippen LogP) is 4.64. The third-order valence-corrected chi connectivity index (χ3v) is 5.01. The molecule has 1 N–H and O–H groups in total. The molecule has 2 aromatic heterocycles. The molecule has 2 nitrogen and oxygen atoms in total. The van der Waals surface area contributed by atoms with Crippen LogP contribution in [0.2, 0.25) is 0 Å². The lowest BCUT2D eigenvalue weighted by Crippen LogP contribution is -2.29. The molecule has 106 valence electrons. The van der Waals surface area contributed by atoms with Gasteiger partial charge in [0.2, 0.25) is 0 Å². The first-order valence-corrected chi connectivity index (χ1v) is 8.50. The van der Waals surface area contributed by atoms with Gasteiger partial charge in [-0.25, -0.2) is 0 Å². The predicted molar refractivity (Wildman–Crippen MR) is 89.1 cm³/mol. The Hall–Kier alpha value is -1.91. The topological polar surface area (TPSA) is 29.1 Å². The second-order valence-corrected chi connectivity index (χ2v) is 6.55. The van der Waals surface area contributed by atoms with Crippen LogP contribution < -0.4 is 5.32 Å². The molecule has 0 aliphatic carbocycles. The van der Waals surface area contributed by atoms with Gasteiger partial charge in [0.05, 0.1) is 6.04 Å². The van der Waals surface area contributed by atoms with Crippen molar-refractivity contribution < 1.29 is 4.79 Å². The van der Waals surface area contributed by atoms with Gasteiger partial charge in [0.1, 0.15) is 0 Å². The minimum absolute atomic E-state index is 0.0299. The van der Waals surface area contributed by atoms with Gasteiger partial charge in [0.15, 0.2) is 0 Å². The molecule has 0 saturated carbocycles. The summed E-state index contributed by atoms with van der Waals surface area (Å²) in [5, 5.41) is 9.32. The van der Waals surface area contributed by atoms with Crippen LogP contribution in [0.4, 0.5) is 0 Å². The Morgan fingerprint density at radius 1 is 1.10 bits per heavy atom. The third-order valence-electron chi connectivity index (χ3n) is 3.37. The highest BCUT2D eigenvalue weighted by atomic mass is 32.1. The van der Waals surface area contributed by atoms with E-state index >= 15 is 0 Å². The number of benzene rings is 1. The van der Waals surface area contributed by atoms with Crippen LogP contribution in [0.5, 0.6) is 0 Å². The quantitative estimate of drug-likeness (QED) is 0.747. The Kier molecular flexibility index (Phi) is 4.18. The van der Waals surface area contributed by atoms with E-state index in [-0.39, 0.29) is 11.9 Å². The summed E-state index contributed by atoms with van der Waals surface area (Å²) in [5.74, 6) is -0.0299. The number of carbonyl (C=O) groups excluding carboxylic acids is 1. The van der Waals surface area contributed by atoms with Crippen molar-refractivity contribution in [3.05, 3.63) is 80.2 Å². The molecule has 2 heterocycles. The molecule has 0 bridgehead atoms. The van der Waals surface area contributed by atoms with Gasteiger partial charge in [-0.1, -0.05) is 24.3 Å². The van der Waals surface area contributed by atoms with Gasteiger partial charge in [-0.15, -0.1) is 11.3 Å². The average Bonchev–Trinajstić information content (AvgIpc) is 3.18. The summed E-state index contributed by atoms with van der Waals surface area (Å²) in [6, 6.07) is 13.7. The number of hydrogen-bond donors (Lipinski definition) is 1. The normalized spacial score (nSPS) is 12.0. The minimum Gasteiger partial charge on any atom is -0.340 e. The Morgan fingerprint density at radius 2 is 1.95 bits per heavy atom. The number of carbonyl (C=O) groups is 1. The highest BCUT2D eigenvalue weighted by Crippen LogP contribution is 2.28. The fourth-order valence-electron chi connectivity index (χ4n) is 2.25. The second kappa shape index (κ2) is 6.24. The van der Waals surface area contributed by atoms with Crippen molar-refractivity contribution in [2.75, 3.05) is 0 Å². The molecule has 1 amide bonds. The van der Waals surface area contributed by atoms with Crippen molar-refractivity contribution in [1.82, 2.24) is 5.32 Å². The van der Waals surface area contributed by atoms with Crippen LogP contribution in [0.1, 0.15) is 32.4 Å². The van der Waals surface area contributed by atoms with E-state index in [0.29, 0.717) is 0 Å². The van der Waals surface area contributed by atoms with Gasteiger partial charge in [-0.05, 0) is 52.4 Å². The summed E-state index contributed by atoms with van der Waals surface area (Å²) in [6.07, 6.45) is 0. The summed E-state index contributed by atoms with van der Waals surface area (Å²) in [6.45, 7) is 1.96. The molecule has 0 radical (unpaired) electrons. The van der Waals surface area contributed by atoms with Gasteiger partial charge >= 0.3 is 0 Å². The monoisotopic (exact) mass is 313 g/mol. The highest BCUT2D eigenvalue weighted by Gasteiger charge is 2.19. The summed E-state index contributed by atoms with van der Waals surface area (Å²) in [5.41, 5.74) is 2.85.